The van der Waals surface area contributed by atoms with Crippen molar-refractivity contribution in [3.63, 3.8) is 0 Å². The van der Waals surface area contributed by atoms with Crippen LogP contribution in [0, 0.1) is 0 Å². The molecule has 0 aliphatic rings. The molecule has 0 bridgehead atoms. The lowest BCUT2D eigenvalue weighted by Gasteiger charge is -2.09. The average molecular weight is 312 g/mol. The molecular formula is C14H14ClNO3S. The van der Waals surface area contributed by atoms with Crippen LogP contribution in [-0.4, -0.2) is 14.7 Å². The first kappa shape index (κ1) is 14.7. The van der Waals surface area contributed by atoms with Gasteiger partial charge in [-0.05, 0) is 36.4 Å². The van der Waals surface area contributed by atoms with Crippen molar-refractivity contribution in [2.45, 2.75) is 11.5 Å². The minimum atomic E-state index is -3.25. The maximum Gasteiger partial charge on any atom is 0.175 e. The Balaban J connectivity index is 2.17. The van der Waals surface area contributed by atoms with Gasteiger partial charge in [-0.3, -0.25) is 0 Å². The van der Waals surface area contributed by atoms with E-state index in [1.807, 2.05) is 0 Å². The van der Waals surface area contributed by atoms with Gasteiger partial charge in [0.25, 0.3) is 0 Å². The number of anilines is 1. The van der Waals surface area contributed by atoms with Gasteiger partial charge in [0.15, 0.2) is 9.84 Å². The van der Waals surface area contributed by atoms with Crippen LogP contribution >= 0.6 is 11.6 Å². The van der Waals surface area contributed by atoms with Gasteiger partial charge in [0.05, 0.1) is 4.90 Å². The van der Waals surface area contributed by atoms with Crippen LogP contribution in [0.3, 0.4) is 0 Å². The molecule has 0 heterocycles. The van der Waals surface area contributed by atoms with Gasteiger partial charge in [-0.15, -0.1) is 0 Å². The number of benzene rings is 2. The molecule has 2 rings (SSSR count). The van der Waals surface area contributed by atoms with E-state index in [1.165, 1.54) is 12.1 Å². The van der Waals surface area contributed by atoms with Crippen molar-refractivity contribution < 1.29 is 13.2 Å². The maximum atomic E-state index is 11.5. The summed E-state index contributed by atoms with van der Waals surface area (Å²) in [5, 5.41) is 0.554. The predicted molar refractivity (Wildman–Crippen MR) is 79.7 cm³/mol. The smallest absolute Gasteiger partial charge is 0.175 e. The van der Waals surface area contributed by atoms with E-state index in [1.54, 1.807) is 30.3 Å². The number of sulfone groups is 1. The zero-order valence-electron chi connectivity index (χ0n) is 10.8. The van der Waals surface area contributed by atoms with E-state index < -0.39 is 9.84 Å². The maximum absolute atomic E-state index is 11.5. The van der Waals surface area contributed by atoms with Gasteiger partial charge in [-0.1, -0.05) is 17.7 Å². The molecule has 0 saturated carbocycles. The Morgan fingerprint density at radius 1 is 1.20 bits per heavy atom. The molecule has 0 fully saturated rings. The second-order valence-electron chi connectivity index (χ2n) is 4.39. The summed E-state index contributed by atoms with van der Waals surface area (Å²) < 4.78 is 28.5. The van der Waals surface area contributed by atoms with Gasteiger partial charge in [-0.2, -0.15) is 0 Å². The van der Waals surface area contributed by atoms with Crippen LogP contribution in [0.25, 0.3) is 0 Å². The monoisotopic (exact) mass is 311 g/mol. The molecule has 0 spiro atoms. The Kier molecular flexibility index (Phi) is 4.20. The van der Waals surface area contributed by atoms with Crippen LogP contribution in [-0.2, 0) is 16.4 Å². The predicted octanol–water partition coefficient (Wildman–Crippen LogP) is 2.90. The standard InChI is InChI=1S/C14H14ClNO3S/c1-20(17,18)13-4-2-3-12(8-13)19-9-10-7-11(16)5-6-14(10)15/h2-8H,9,16H2,1H3. The first-order chi connectivity index (χ1) is 9.36. The van der Waals surface area contributed by atoms with Crippen molar-refractivity contribution >= 4 is 27.1 Å². The Morgan fingerprint density at radius 3 is 2.65 bits per heavy atom. The van der Waals surface area contributed by atoms with E-state index in [0.29, 0.717) is 16.5 Å². The van der Waals surface area contributed by atoms with Crippen LogP contribution in [0.2, 0.25) is 5.02 Å². The highest BCUT2D eigenvalue weighted by Crippen LogP contribution is 2.22. The molecule has 0 aliphatic heterocycles. The number of hydrogen-bond acceptors (Lipinski definition) is 4. The minimum absolute atomic E-state index is 0.216. The fourth-order valence-corrected chi connectivity index (χ4v) is 2.49. The van der Waals surface area contributed by atoms with Crippen molar-refractivity contribution in [2.75, 3.05) is 12.0 Å². The van der Waals surface area contributed by atoms with Crippen molar-refractivity contribution in [1.29, 1.82) is 0 Å². The van der Waals surface area contributed by atoms with Crippen LogP contribution < -0.4 is 10.5 Å². The number of nitrogen functional groups attached to an aromatic ring is 1. The molecule has 6 heteroatoms. The Bertz CT molecular complexity index is 729. The van der Waals surface area contributed by atoms with Crippen LogP contribution in [0.15, 0.2) is 47.4 Å². The van der Waals surface area contributed by atoms with Crippen molar-refractivity contribution in [2.24, 2.45) is 0 Å². The highest BCUT2D eigenvalue weighted by molar-refractivity contribution is 7.90. The highest BCUT2D eigenvalue weighted by atomic mass is 35.5. The summed E-state index contributed by atoms with van der Waals surface area (Å²) in [7, 11) is -3.25. The van der Waals surface area contributed by atoms with Gasteiger partial charge in [0.2, 0.25) is 0 Å². The second-order valence-corrected chi connectivity index (χ2v) is 6.81. The molecule has 2 N–H and O–H groups in total. The average Bonchev–Trinajstić information content (AvgIpc) is 2.39. The second kappa shape index (κ2) is 5.73. The Hall–Kier alpha value is -1.72. The zero-order chi connectivity index (χ0) is 14.8. The van der Waals surface area contributed by atoms with Gasteiger partial charge < -0.3 is 10.5 Å². The third-order valence-corrected chi connectivity index (χ3v) is 4.18. The molecule has 20 heavy (non-hydrogen) atoms. The molecule has 0 atom stereocenters. The lowest BCUT2D eigenvalue weighted by atomic mass is 10.2. The molecule has 0 saturated heterocycles. The van der Waals surface area contributed by atoms with Crippen LogP contribution in [0.5, 0.6) is 5.75 Å². The first-order valence-corrected chi connectivity index (χ1v) is 8.10. The van der Waals surface area contributed by atoms with E-state index in [-0.39, 0.29) is 11.5 Å². The summed E-state index contributed by atoms with van der Waals surface area (Å²) in [5.41, 5.74) is 7.03. The quantitative estimate of drug-likeness (QED) is 0.881. The lowest BCUT2D eigenvalue weighted by Crippen LogP contribution is -2.00. The third-order valence-electron chi connectivity index (χ3n) is 2.70. The Morgan fingerprint density at radius 2 is 1.95 bits per heavy atom. The normalized spacial score (nSPS) is 11.3. The van der Waals surface area contributed by atoms with Gasteiger partial charge in [0.1, 0.15) is 12.4 Å². The summed E-state index contributed by atoms with van der Waals surface area (Å²) in [5.74, 6) is 0.464. The van der Waals surface area contributed by atoms with E-state index in [0.717, 1.165) is 11.8 Å². The van der Waals surface area contributed by atoms with E-state index >= 15 is 0 Å². The molecule has 0 unspecified atom stereocenters. The summed E-state index contributed by atoms with van der Waals surface area (Å²) in [6, 6.07) is 11.5. The topological polar surface area (TPSA) is 69.4 Å². The number of halogens is 1. The van der Waals surface area contributed by atoms with Gasteiger partial charge in [-0.25, -0.2) is 8.42 Å². The summed E-state index contributed by atoms with van der Waals surface area (Å²) in [6.07, 6.45) is 1.15. The Labute approximate surface area is 123 Å². The number of hydrogen-bond donors (Lipinski definition) is 1. The van der Waals surface area contributed by atoms with E-state index in [9.17, 15) is 8.42 Å². The molecule has 0 aromatic heterocycles. The number of rotatable bonds is 4. The molecule has 2 aromatic carbocycles. The number of nitrogens with two attached hydrogens (primary N) is 1. The van der Waals surface area contributed by atoms with Crippen LogP contribution in [0.1, 0.15) is 5.56 Å². The van der Waals surface area contributed by atoms with Crippen LogP contribution in [0.4, 0.5) is 5.69 Å². The third kappa shape index (κ3) is 3.65. The number of ether oxygens (including phenoxy) is 1. The minimum Gasteiger partial charge on any atom is -0.489 e. The van der Waals surface area contributed by atoms with E-state index in [2.05, 4.69) is 0 Å². The fourth-order valence-electron chi connectivity index (χ4n) is 1.66. The SMILES string of the molecule is CS(=O)(=O)c1cccc(OCc2cc(N)ccc2Cl)c1. The molecule has 0 amide bonds. The lowest BCUT2D eigenvalue weighted by molar-refractivity contribution is 0.305. The zero-order valence-corrected chi connectivity index (χ0v) is 12.4. The summed E-state index contributed by atoms with van der Waals surface area (Å²) in [4.78, 5) is 0.216. The van der Waals surface area contributed by atoms with Gasteiger partial charge >= 0.3 is 0 Å². The molecule has 0 radical (unpaired) electrons. The van der Waals surface area contributed by atoms with Crippen molar-refractivity contribution in [1.82, 2.24) is 0 Å². The van der Waals surface area contributed by atoms with E-state index in [4.69, 9.17) is 22.1 Å². The first-order valence-electron chi connectivity index (χ1n) is 5.83. The molecule has 4 nitrogen and oxygen atoms in total. The molecular weight excluding hydrogens is 298 g/mol. The molecule has 2 aromatic rings. The highest BCUT2D eigenvalue weighted by Gasteiger charge is 2.08. The summed E-state index contributed by atoms with van der Waals surface area (Å²) >= 11 is 6.03. The fraction of sp³-hybridized carbons (Fsp3) is 0.143. The van der Waals surface area contributed by atoms with Crippen molar-refractivity contribution in [3.8, 4) is 5.75 Å². The molecule has 0 aliphatic carbocycles. The summed E-state index contributed by atoms with van der Waals surface area (Å²) in [6.45, 7) is 0.219. The van der Waals surface area contributed by atoms with Crippen molar-refractivity contribution in [3.05, 3.63) is 53.1 Å². The largest absolute Gasteiger partial charge is 0.489 e. The van der Waals surface area contributed by atoms with Gasteiger partial charge in [0, 0.05) is 22.5 Å². The molecule has 106 valence electrons.